The molecule has 0 aliphatic heterocycles. The first-order valence-electron chi connectivity index (χ1n) is 5.80. The van der Waals surface area contributed by atoms with Crippen molar-refractivity contribution in [2.24, 2.45) is 5.92 Å². The van der Waals surface area contributed by atoms with Crippen LogP contribution in [0.15, 0.2) is 24.3 Å². The summed E-state index contributed by atoms with van der Waals surface area (Å²) in [5, 5.41) is 8.85. The van der Waals surface area contributed by atoms with Crippen molar-refractivity contribution in [2.75, 3.05) is 18.1 Å². The van der Waals surface area contributed by atoms with E-state index in [1.165, 1.54) is 5.56 Å². The standard InChI is InChI=1S/C13H20O3S/c1-11-3-5-13(6-4-11)7-8-17(15,16)10-12(2)9-14/h3-6,12,14H,7-10H2,1-2H3. The Morgan fingerprint density at radius 3 is 2.35 bits per heavy atom. The van der Waals surface area contributed by atoms with Crippen LogP contribution < -0.4 is 0 Å². The van der Waals surface area contributed by atoms with Gasteiger partial charge < -0.3 is 5.11 Å². The number of aliphatic hydroxyl groups is 1. The van der Waals surface area contributed by atoms with Crippen LogP contribution in [0.4, 0.5) is 0 Å². The molecule has 4 heteroatoms. The molecule has 0 aromatic heterocycles. The Kier molecular flexibility index (Phi) is 5.15. The van der Waals surface area contributed by atoms with E-state index in [1.807, 2.05) is 31.2 Å². The van der Waals surface area contributed by atoms with Crippen molar-refractivity contribution in [2.45, 2.75) is 20.3 Å². The van der Waals surface area contributed by atoms with Crippen LogP contribution in [0, 0.1) is 12.8 Å². The quantitative estimate of drug-likeness (QED) is 0.840. The minimum Gasteiger partial charge on any atom is -0.396 e. The third-order valence-corrected chi connectivity index (χ3v) is 4.58. The predicted octanol–water partition coefficient (Wildman–Crippen LogP) is 1.58. The maximum atomic E-state index is 11.7. The van der Waals surface area contributed by atoms with Crippen LogP contribution in [0.2, 0.25) is 0 Å². The van der Waals surface area contributed by atoms with E-state index < -0.39 is 9.84 Å². The summed E-state index contributed by atoms with van der Waals surface area (Å²) >= 11 is 0. The average molecular weight is 256 g/mol. The van der Waals surface area contributed by atoms with Crippen LogP contribution >= 0.6 is 0 Å². The highest BCUT2D eigenvalue weighted by Crippen LogP contribution is 2.07. The molecule has 0 saturated carbocycles. The lowest BCUT2D eigenvalue weighted by Gasteiger charge is -2.09. The summed E-state index contributed by atoms with van der Waals surface area (Å²) in [5.74, 6) is 0.0356. The van der Waals surface area contributed by atoms with Crippen molar-refractivity contribution in [3.8, 4) is 0 Å². The molecule has 0 aliphatic carbocycles. The van der Waals surface area contributed by atoms with Crippen molar-refractivity contribution < 1.29 is 13.5 Å². The second-order valence-corrected chi connectivity index (χ2v) is 6.87. The molecule has 1 unspecified atom stereocenters. The molecule has 1 atom stereocenters. The van der Waals surface area contributed by atoms with Gasteiger partial charge in [0.05, 0.1) is 11.5 Å². The number of rotatable bonds is 6. The molecule has 0 amide bonds. The molecule has 1 N–H and O–H groups in total. The van der Waals surface area contributed by atoms with E-state index in [9.17, 15) is 8.42 Å². The lowest BCUT2D eigenvalue weighted by Crippen LogP contribution is -2.20. The molecule has 3 nitrogen and oxygen atoms in total. The molecule has 0 spiro atoms. The van der Waals surface area contributed by atoms with Crippen molar-refractivity contribution in [1.82, 2.24) is 0 Å². The van der Waals surface area contributed by atoms with Crippen molar-refractivity contribution in [3.63, 3.8) is 0 Å². The van der Waals surface area contributed by atoms with Crippen molar-refractivity contribution in [1.29, 1.82) is 0 Å². The molecule has 0 fully saturated rings. The lowest BCUT2D eigenvalue weighted by atomic mass is 10.1. The van der Waals surface area contributed by atoms with Crippen LogP contribution in [0.3, 0.4) is 0 Å². The third-order valence-electron chi connectivity index (χ3n) is 2.67. The van der Waals surface area contributed by atoms with Crippen molar-refractivity contribution in [3.05, 3.63) is 35.4 Å². The minimum absolute atomic E-state index is 0.0648. The zero-order chi connectivity index (χ0) is 12.9. The Labute approximate surface area is 103 Å². The topological polar surface area (TPSA) is 54.4 Å². The first-order valence-corrected chi connectivity index (χ1v) is 7.62. The highest BCUT2D eigenvalue weighted by molar-refractivity contribution is 7.91. The Balaban J connectivity index is 2.52. The van der Waals surface area contributed by atoms with E-state index in [0.717, 1.165) is 5.56 Å². The number of benzene rings is 1. The summed E-state index contributed by atoms with van der Waals surface area (Å²) in [5.41, 5.74) is 2.21. The largest absolute Gasteiger partial charge is 0.396 e. The first kappa shape index (κ1) is 14.2. The zero-order valence-electron chi connectivity index (χ0n) is 10.4. The first-order chi connectivity index (χ1) is 7.93. The Bertz CT molecular complexity index is 434. The lowest BCUT2D eigenvalue weighted by molar-refractivity contribution is 0.249. The van der Waals surface area contributed by atoms with Gasteiger partial charge in [-0.15, -0.1) is 0 Å². The van der Waals surface area contributed by atoms with Crippen LogP contribution in [0.1, 0.15) is 18.1 Å². The summed E-state index contributed by atoms with van der Waals surface area (Å²) in [6.45, 7) is 3.66. The molecule has 1 aromatic rings. The molecule has 17 heavy (non-hydrogen) atoms. The van der Waals surface area contributed by atoms with E-state index in [1.54, 1.807) is 6.92 Å². The van der Waals surface area contributed by atoms with Gasteiger partial charge in [-0.1, -0.05) is 36.8 Å². The highest BCUT2D eigenvalue weighted by Gasteiger charge is 2.15. The zero-order valence-corrected chi connectivity index (χ0v) is 11.2. The smallest absolute Gasteiger partial charge is 0.150 e. The SMILES string of the molecule is Cc1ccc(CCS(=O)(=O)CC(C)CO)cc1. The fourth-order valence-electron chi connectivity index (χ4n) is 1.60. The summed E-state index contributed by atoms with van der Waals surface area (Å²) in [4.78, 5) is 0. The number of aryl methyl sites for hydroxylation is 2. The van der Waals surface area contributed by atoms with Crippen LogP contribution in [0.5, 0.6) is 0 Å². The minimum atomic E-state index is -3.06. The second-order valence-electron chi connectivity index (χ2n) is 4.64. The molecule has 96 valence electrons. The Morgan fingerprint density at radius 2 is 1.82 bits per heavy atom. The van der Waals surface area contributed by atoms with Gasteiger partial charge in [0.1, 0.15) is 0 Å². The second kappa shape index (κ2) is 6.17. The van der Waals surface area contributed by atoms with Gasteiger partial charge in [0.2, 0.25) is 0 Å². The highest BCUT2D eigenvalue weighted by atomic mass is 32.2. The molecular formula is C13H20O3S. The number of hydrogen-bond donors (Lipinski definition) is 1. The summed E-state index contributed by atoms with van der Waals surface area (Å²) in [6, 6.07) is 7.89. The number of hydrogen-bond acceptors (Lipinski definition) is 3. The van der Waals surface area contributed by atoms with Crippen LogP contribution in [0.25, 0.3) is 0 Å². The average Bonchev–Trinajstić information content (AvgIpc) is 2.28. The third kappa shape index (κ3) is 5.33. The predicted molar refractivity (Wildman–Crippen MR) is 69.8 cm³/mol. The maximum Gasteiger partial charge on any atom is 0.150 e. The van der Waals surface area contributed by atoms with Gasteiger partial charge in [0, 0.05) is 6.61 Å². The van der Waals surface area contributed by atoms with Gasteiger partial charge in [-0.3, -0.25) is 0 Å². The summed E-state index contributed by atoms with van der Waals surface area (Å²) in [7, 11) is -3.06. The fourth-order valence-corrected chi connectivity index (χ4v) is 3.28. The van der Waals surface area contributed by atoms with Gasteiger partial charge in [-0.05, 0) is 24.8 Å². The van der Waals surface area contributed by atoms with Gasteiger partial charge in [-0.2, -0.15) is 0 Å². The van der Waals surface area contributed by atoms with Crippen LogP contribution in [-0.4, -0.2) is 31.6 Å². The Hall–Kier alpha value is -0.870. The van der Waals surface area contributed by atoms with E-state index >= 15 is 0 Å². The molecule has 0 aliphatic rings. The van der Waals surface area contributed by atoms with E-state index in [-0.39, 0.29) is 24.0 Å². The molecule has 0 saturated heterocycles. The maximum absolute atomic E-state index is 11.7. The summed E-state index contributed by atoms with van der Waals surface area (Å²) < 4.78 is 23.5. The van der Waals surface area contributed by atoms with Crippen molar-refractivity contribution >= 4 is 9.84 Å². The molecule has 0 radical (unpaired) electrons. The van der Waals surface area contributed by atoms with Gasteiger partial charge in [0.15, 0.2) is 9.84 Å². The Morgan fingerprint density at radius 1 is 1.24 bits per heavy atom. The number of sulfone groups is 1. The van der Waals surface area contributed by atoms with Crippen LogP contribution in [-0.2, 0) is 16.3 Å². The van der Waals surface area contributed by atoms with Gasteiger partial charge >= 0.3 is 0 Å². The fraction of sp³-hybridized carbons (Fsp3) is 0.538. The summed E-state index contributed by atoms with van der Waals surface area (Å²) in [6.07, 6.45) is 0.542. The van der Waals surface area contributed by atoms with E-state index in [0.29, 0.717) is 6.42 Å². The molecular weight excluding hydrogens is 236 g/mol. The molecule has 0 heterocycles. The van der Waals surface area contributed by atoms with E-state index in [4.69, 9.17) is 5.11 Å². The van der Waals surface area contributed by atoms with Gasteiger partial charge in [0.25, 0.3) is 0 Å². The number of aliphatic hydroxyl groups excluding tert-OH is 1. The monoisotopic (exact) mass is 256 g/mol. The van der Waals surface area contributed by atoms with Gasteiger partial charge in [-0.25, -0.2) is 8.42 Å². The molecule has 0 bridgehead atoms. The molecule has 1 rings (SSSR count). The molecule has 1 aromatic carbocycles. The normalized spacial score (nSPS) is 13.6. The van der Waals surface area contributed by atoms with E-state index in [2.05, 4.69) is 0 Å².